The summed E-state index contributed by atoms with van der Waals surface area (Å²) in [5, 5.41) is 0.405. The van der Waals surface area contributed by atoms with Crippen LogP contribution < -0.4 is 5.30 Å². The molecule has 5 nitrogen and oxygen atoms in total. The number of benzene rings is 2. The lowest BCUT2D eigenvalue weighted by Crippen LogP contribution is -2.46. The molecule has 2 aromatic carbocycles. The quantitative estimate of drug-likeness (QED) is 0.338. The Kier molecular flexibility index (Phi) is 7.62. The molecule has 0 aliphatic heterocycles. The zero-order valence-corrected chi connectivity index (χ0v) is 19.3. The number of hydrogen-bond acceptors (Lipinski definition) is 3. The summed E-state index contributed by atoms with van der Waals surface area (Å²) in [6.07, 6.45) is 9.57. The van der Waals surface area contributed by atoms with Gasteiger partial charge in [0, 0.05) is 6.54 Å². The molecule has 1 N–H and O–H groups in total. The Hall–Kier alpha value is -2.20. The van der Waals surface area contributed by atoms with Gasteiger partial charge in [-0.25, -0.2) is 4.67 Å². The van der Waals surface area contributed by atoms with Gasteiger partial charge in [0.15, 0.2) is 0 Å². The van der Waals surface area contributed by atoms with Crippen LogP contribution in [0.2, 0.25) is 0 Å². The minimum atomic E-state index is -3.87. The average Bonchev–Trinajstić information content (AvgIpc) is 3.32. The van der Waals surface area contributed by atoms with Crippen LogP contribution in [0, 0.1) is 5.92 Å². The van der Waals surface area contributed by atoms with Gasteiger partial charge in [0.05, 0.1) is 17.8 Å². The number of esters is 1. The molecule has 2 aliphatic carbocycles. The highest BCUT2D eigenvalue weighted by molar-refractivity contribution is 7.63. The highest BCUT2D eigenvalue weighted by Crippen LogP contribution is 2.49. The van der Waals surface area contributed by atoms with E-state index in [0.717, 1.165) is 44.1 Å². The van der Waals surface area contributed by atoms with Crippen LogP contribution in [-0.4, -0.2) is 27.7 Å². The van der Waals surface area contributed by atoms with Gasteiger partial charge in [-0.05, 0) is 55.7 Å². The molecule has 0 heterocycles. The number of ether oxygens (including phenoxy) is 1. The fourth-order valence-electron chi connectivity index (χ4n) is 4.81. The maximum absolute atomic E-state index is 13.9. The smallest absolute Gasteiger partial charge is 0.306 e. The Morgan fingerprint density at radius 1 is 1.00 bits per heavy atom. The van der Waals surface area contributed by atoms with Crippen molar-refractivity contribution in [3.63, 3.8) is 0 Å². The van der Waals surface area contributed by atoms with Gasteiger partial charge in [-0.1, -0.05) is 67.1 Å². The third-order valence-electron chi connectivity index (χ3n) is 6.50. The van der Waals surface area contributed by atoms with Crippen molar-refractivity contribution in [2.24, 2.45) is 5.92 Å². The predicted molar refractivity (Wildman–Crippen MR) is 127 cm³/mol. The molecule has 1 fully saturated rings. The summed E-state index contributed by atoms with van der Waals surface area (Å²) in [6, 6.07) is 18.3. The van der Waals surface area contributed by atoms with Gasteiger partial charge in [-0.15, -0.1) is 0 Å². The van der Waals surface area contributed by atoms with Crippen LogP contribution in [-0.2, 0) is 20.6 Å². The van der Waals surface area contributed by atoms with Crippen molar-refractivity contribution in [1.82, 2.24) is 4.67 Å². The molecule has 0 bridgehead atoms. The lowest BCUT2D eigenvalue weighted by molar-refractivity contribution is -0.154. The van der Waals surface area contributed by atoms with E-state index in [0.29, 0.717) is 18.3 Å². The first-order valence-electron chi connectivity index (χ1n) is 11.6. The summed E-state index contributed by atoms with van der Waals surface area (Å²) in [5.74, 6) is 0.0452. The maximum Gasteiger partial charge on any atom is 0.306 e. The molecule has 6 heteroatoms. The van der Waals surface area contributed by atoms with Gasteiger partial charge in [-0.2, -0.15) is 0 Å². The molecule has 0 spiro atoms. The van der Waals surface area contributed by atoms with E-state index in [-0.39, 0.29) is 24.0 Å². The van der Waals surface area contributed by atoms with Crippen LogP contribution in [0.4, 0.5) is 0 Å². The minimum absolute atomic E-state index is 0.203. The van der Waals surface area contributed by atoms with Gasteiger partial charge < -0.3 is 9.63 Å². The summed E-state index contributed by atoms with van der Waals surface area (Å²) in [4.78, 5) is 24.1. The number of carbonyl (C=O) groups excluding carboxylic acids is 1. The van der Waals surface area contributed by atoms with Crippen molar-refractivity contribution >= 4 is 18.8 Å². The van der Waals surface area contributed by atoms with E-state index >= 15 is 0 Å². The number of rotatable bonds is 8. The summed E-state index contributed by atoms with van der Waals surface area (Å²) >= 11 is 0. The van der Waals surface area contributed by atoms with Crippen molar-refractivity contribution in [3.05, 3.63) is 78.4 Å². The molecule has 2 aliphatic rings. The minimum Gasteiger partial charge on any atom is -0.461 e. The molecule has 1 saturated carbocycles. The first-order chi connectivity index (χ1) is 15.5. The Balaban J connectivity index is 1.59. The van der Waals surface area contributed by atoms with Crippen LogP contribution >= 0.6 is 7.52 Å². The first kappa shape index (κ1) is 23.0. The van der Waals surface area contributed by atoms with Crippen LogP contribution in [0.3, 0.4) is 0 Å². The molecule has 1 unspecified atom stereocenters. The Morgan fingerprint density at radius 3 is 2.38 bits per heavy atom. The summed E-state index contributed by atoms with van der Waals surface area (Å²) in [7, 11) is -3.87. The summed E-state index contributed by atoms with van der Waals surface area (Å²) < 4.78 is 21.5. The number of nitrogens with zero attached hydrogens (tertiary/aromatic N) is 1. The second-order valence-electron chi connectivity index (χ2n) is 8.81. The molecule has 32 heavy (non-hydrogen) atoms. The van der Waals surface area contributed by atoms with E-state index in [1.54, 1.807) is 28.9 Å². The second-order valence-corrected chi connectivity index (χ2v) is 10.9. The number of carbonyl (C=O) groups is 1. The molecule has 170 valence electrons. The van der Waals surface area contributed by atoms with Gasteiger partial charge in [0.2, 0.25) is 0 Å². The molecular formula is C26H32NO4P. The molecule has 0 amide bonds. The van der Waals surface area contributed by atoms with Crippen LogP contribution in [0.15, 0.2) is 72.8 Å². The van der Waals surface area contributed by atoms with Crippen molar-refractivity contribution in [2.45, 2.75) is 63.6 Å². The zero-order valence-electron chi connectivity index (χ0n) is 18.4. The van der Waals surface area contributed by atoms with Crippen molar-refractivity contribution in [3.8, 4) is 0 Å². The summed E-state index contributed by atoms with van der Waals surface area (Å²) in [5.41, 5.74) is 0.962. The van der Waals surface area contributed by atoms with E-state index in [1.807, 2.05) is 36.4 Å². The predicted octanol–water partition coefficient (Wildman–Crippen LogP) is 5.21. The molecule has 4 rings (SSSR count). The van der Waals surface area contributed by atoms with Crippen LogP contribution in [0.25, 0.3) is 0 Å². The van der Waals surface area contributed by atoms with Crippen molar-refractivity contribution in [1.29, 1.82) is 0 Å². The highest BCUT2D eigenvalue weighted by Gasteiger charge is 2.42. The molecule has 2 aromatic rings. The Morgan fingerprint density at radius 2 is 1.69 bits per heavy atom. The average molecular weight is 454 g/mol. The van der Waals surface area contributed by atoms with E-state index in [9.17, 15) is 14.3 Å². The van der Waals surface area contributed by atoms with Crippen molar-refractivity contribution in [2.75, 3.05) is 0 Å². The van der Waals surface area contributed by atoms with Crippen molar-refractivity contribution < 1.29 is 19.0 Å². The SMILES string of the molecule is O=C(C[C@@H]1C=CCC1)O[C@H]1CCCC[C@@H]1N(Cc1ccccc1)P(=O)(O)c1ccccc1. The Labute approximate surface area is 190 Å². The molecule has 0 aromatic heterocycles. The zero-order chi connectivity index (χ0) is 22.4. The highest BCUT2D eigenvalue weighted by atomic mass is 31.2. The van der Waals surface area contributed by atoms with Gasteiger partial charge >= 0.3 is 5.97 Å². The van der Waals surface area contributed by atoms with Gasteiger partial charge in [-0.3, -0.25) is 9.36 Å². The van der Waals surface area contributed by atoms with E-state index in [2.05, 4.69) is 12.2 Å². The third kappa shape index (κ3) is 5.58. The summed E-state index contributed by atoms with van der Waals surface area (Å²) in [6.45, 7) is 0.327. The molecule has 4 atom stereocenters. The first-order valence-corrected chi connectivity index (χ1v) is 13.2. The lowest BCUT2D eigenvalue weighted by Gasteiger charge is -2.41. The topological polar surface area (TPSA) is 66.8 Å². The monoisotopic (exact) mass is 453 g/mol. The van der Waals surface area contributed by atoms with E-state index in [4.69, 9.17) is 4.74 Å². The standard InChI is InChI=1S/C26H32NO4P/c28-26(19-21-11-7-8-12-21)31-25-18-10-9-17-24(25)27(20-22-13-3-1-4-14-22)32(29,30)23-15-5-2-6-16-23/h1-7,11,13-16,21,24-25H,8-10,12,17-20H2,(H,29,30)/t21-,24+,25+/m1/s1. The third-order valence-corrected chi connectivity index (χ3v) is 8.61. The molecule has 0 saturated heterocycles. The molecular weight excluding hydrogens is 421 g/mol. The second kappa shape index (κ2) is 10.6. The van der Waals surface area contributed by atoms with Crippen LogP contribution in [0.1, 0.15) is 50.5 Å². The van der Waals surface area contributed by atoms with Gasteiger partial charge in [0.25, 0.3) is 7.52 Å². The largest absolute Gasteiger partial charge is 0.461 e. The van der Waals surface area contributed by atoms with Crippen LogP contribution in [0.5, 0.6) is 0 Å². The van der Waals surface area contributed by atoms with E-state index in [1.165, 1.54) is 0 Å². The molecule has 0 radical (unpaired) electrons. The maximum atomic E-state index is 13.9. The Bertz CT molecular complexity index is 962. The fraction of sp³-hybridized carbons (Fsp3) is 0.423. The van der Waals surface area contributed by atoms with Gasteiger partial charge in [0.1, 0.15) is 6.10 Å². The normalized spacial score (nSPS) is 24.9. The fourth-order valence-corrected chi connectivity index (χ4v) is 6.69. The van der Waals surface area contributed by atoms with E-state index < -0.39 is 7.52 Å². The number of allylic oxidation sites excluding steroid dienone is 2. The lowest BCUT2D eigenvalue weighted by atomic mass is 9.92. The number of hydrogen-bond donors (Lipinski definition) is 1.